The molecule has 3 heterocycles. The quantitative estimate of drug-likeness (QED) is 0.733. The van der Waals surface area contributed by atoms with Crippen LogP contribution in [0.25, 0.3) is 11.0 Å². The Bertz CT molecular complexity index is 963. The topological polar surface area (TPSA) is 91.9 Å². The average Bonchev–Trinajstić information content (AvgIpc) is 3.07. The second-order valence-corrected chi connectivity index (χ2v) is 6.37. The van der Waals surface area contributed by atoms with E-state index in [2.05, 4.69) is 19.8 Å². The van der Waals surface area contributed by atoms with Crippen LogP contribution in [0.4, 0.5) is 5.95 Å². The molecular weight excluding hydrogens is 348 g/mol. The highest BCUT2D eigenvalue weighted by Crippen LogP contribution is 2.27. The minimum Gasteiger partial charge on any atom is -0.481 e. The van der Waals surface area contributed by atoms with Gasteiger partial charge in [0.15, 0.2) is 0 Å². The maximum atomic E-state index is 11.6. The van der Waals surface area contributed by atoms with E-state index in [1.165, 1.54) is 0 Å². The van der Waals surface area contributed by atoms with Crippen molar-refractivity contribution < 1.29 is 19.1 Å². The fourth-order valence-corrected chi connectivity index (χ4v) is 3.36. The number of rotatable bonds is 5. The SMILES string of the molecule is COc1ccnc(N2CCN(Cc3c(C(=O)O)oc4ccccc34)CC2)n1. The number of carboxylic acids is 1. The molecule has 1 saturated heterocycles. The number of ether oxygens (including phenoxy) is 1. The van der Waals surface area contributed by atoms with Gasteiger partial charge in [-0.25, -0.2) is 9.78 Å². The second-order valence-electron chi connectivity index (χ2n) is 6.37. The van der Waals surface area contributed by atoms with Gasteiger partial charge in [-0.05, 0) is 6.07 Å². The molecule has 140 valence electrons. The smallest absolute Gasteiger partial charge is 0.372 e. The maximum absolute atomic E-state index is 11.6. The fourth-order valence-electron chi connectivity index (χ4n) is 3.36. The molecule has 0 saturated carbocycles. The number of aromatic carboxylic acids is 1. The number of benzene rings is 1. The lowest BCUT2D eigenvalue weighted by Gasteiger charge is -2.34. The van der Waals surface area contributed by atoms with E-state index in [1.54, 1.807) is 25.4 Å². The molecule has 1 aromatic carbocycles. The number of piperazine rings is 1. The van der Waals surface area contributed by atoms with Gasteiger partial charge in [0, 0.05) is 55.9 Å². The van der Waals surface area contributed by atoms with Crippen molar-refractivity contribution in [1.82, 2.24) is 14.9 Å². The molecule has 3 aromatic rings. The average molecular weight is 368 g/mol. The van der Waals surface area contributed by atoms with Crippen LogP contribution in [0.3, 0.4) is 0 Å². The molecule has 0 aliphatic carbocycles. The molecule has 2 aromatic heterocycles. The highest BCUT2D eigenvalue weighted by molar-refractivity contribution is 5.95. The first-order chi connectivity index (χ1) is 13.2. The van der Waals surface area contributed by atoms with Crippen molar-refractivity contribution in [3.8, 4) is 5.88 Å². The van der Waals surface area contributed by atoms with Crippen LogP contribution in [0.2, 0.25) is 0 Å². The normalized spacial score (nSPS) is 15.2. The number of methoxy groups -OCH3 is 1. The van der Waals surface area contributed by atoms with Crippen LogP contribution in [0.5, 0.6) is 5.88 Å². The zero-order valence-electron chi connectivity index (χ0n) is 15.0. The van der Waals surface area contributed by atoms with Crippen LogP contribution in [-0.4, -0.2) is 59.2 Å². The molecule has 0 spiro atoms. The molecule has 8 nitrogen and oxygen atoms in total. The third-order valence-electron chi connectivity index (χ3n) is 4.76. The van der Waals surface area contributed by atoms with Crippen LogP contribution in [0.15, 0.2) is 40.9 Å². The van der Waals surface area contributed by atoms with Gasteiger partial charge in [0.05, 0.1) is 7.11 Å². The first-order valence-corrected chi connectivity index (χ1v) is 8.74. The van der Waals surface area contributed by atoms with Gasteiger partial charge in [-0.2, -0.15) is 4.98 Å². The Hall–Kier alpha value is -3.13. The van der Waals surface area contributed by atoms with E-state index in [1.807, 2.05) is 18.2 Å². The van der Waals surface area contributed by atoms with Gasteiger partial charge in [-0.15, -0.1) is 0 Å². The first kappa shape index (κ1) is 17.3. The predicted molar refractivity (Wildman–Crippen MR) is 99.2 cm³/mol. The van der Waals surface area contributed by atoms with Crippen LogP contribution in [-0.2, 0) is 6.54 Å². The summed E-state index contributed by atoms with van der Waals surface area (Å²) in [5.41, 5.74) is 1.33. The summed E-state index contributed by atoms with van der Waals surface area (Å²) < 4.78 is 10.7. The van der Waals surface area contributed by atoms with Crippen molar-refractivity contribution in [3.63, 3.8) is 0 Å². The molecule has 0 amide bonds. The molecule has 8 heteroatoms. The summed E-state index contributed by atoms with van der Waals surface area (Å²) in [4.78, 5) is 24.6. The molecule has 0 bridgehead atoms. The standard InChI is InChI=1S/C19H20N4O4/c1-26-16-6-7-20-19(21-16)23-10-8-22(9-11-23)12-14-13-4-2-3-5-15(13)27-17(14)18(24)25/h2-7H,8-12H2,1H3,(H,24,25). The van der Waals surface area contributed by atoms with E-state index in [0.29, 0.717) is 24.0 Å². The van der Waals surface area contributed by atoms with Gasteiger partial charge in [-0.1, -0.05) is 18.2 Å². The summed E-state index contributed by atoms with van der Waals surface area (Å²) in [7, 11) is 1.58. The number of para-hydroxylation sites is 1. The van der Waals surface area contributed by atoms with Crippen LogP contribution in [0, 0.1) is 0 Å². The molecule has 1 aliphatic heterocycles. The Morgan fingerprint density at radius 2 is 2.00 bits per heavy atom. The molecule has 0 unspecified atom stereocenters. The number of hydrogen-bond donors (Lipinski definition) is 1. The van der Waals surface area contributed by atoms with E-state index in [4.69, 9.17) is 9.15 Å². The largest absolute Gasteiger partial charge is 0.481 e. The number of nitrogens with zero attached hydrogens (tertiary/aromatic N) is 4. The minimum atomic E-state index is -1.04. The van der Waals surface area contributed by atoms with Crippen molar-refractivity contribution in [3.05, 3.63) is 47.9 Å². The van der Waals surface area contributed by atoms with Crippen LogP contribution < -0.4 is 9.64 Å². The Kier molecular flexibility index (Phi) is 4.64. The molecule has 1 fully saturated rings. The summed E-state index contributed by atoms with van der Waals surface area (Å²) in [5.74, 6) is 0.173. The van der Waals surface area contributed by atoms with E-state index in [0.717, 1.165) is 37.1 Å². The van der Waals surface area contributed by atoms with Crippen molar-refractivity contribution >= 4 is 22.9 Å². The second kappa shape index (κ2) is 7.24. The summed E-state index contributed by atoms with van der Waals surface area (Å²) in [6, 6.07) is 9.15. The molecule has 1 aliphatic rings. The zero-order chi connectivity index (χ0) is 18.8. The summed E-state index contributed by atoms with van der Waals surface area (Å²) >= 11 is 0. The number of anilines is 1. The summed E-state index contributed by atoms with van der Waals surface area (Å²) in [6.07, 6.45) is 1.68. The Labute approximate surface area is 156 Å². The lowest BCUT2D eigenvalue weighted by Crippen LogP contribution is -2.46. The van der Waals surface area contributed by atoms with Gasteiger partial charge >= 0.3 is 5.97 Å². The number of fused-ring (bicyclic) bond motifs is 1. The molecule has 0 radical (unpaired) electrons. The fraction of sp³-hybridized carbons (Fsp3) is 0.316. The number of carboxylic acid groups (broad SMARTS) is 1. The third-order valence-corrected chi connectivity index (χ3v) is 4.76. The van der Waals surface area contributed by atoms with Gasteiger partial charge in [-0.3, -0.25) is 4.90 Å². The Morgan fingerprint density at radius 1 is 1.22 bits per heavy atom. The van der Waals surface area contributed by atoms with Crippen molar-refractivity contribution in [2.75, 3.05) is 38.2 Å². The third kappa shape index (κ3) is 3.43. The summed E-state index contributed by atoms with van der Waals surface area (Å²) in [6.45, 7) is 3.60. The van der Waals surface area contributed by atoms with E-state index in [-0.39, 0.29) is 5.76 Å². The van der Waals surface area contributed by atoms with E-state index < -0.39 is 5.97 Å². The predicted octanol–water partition coefficient (Wildman–Crippen LogP) is 2.25. The van der Waals surface area contributed by atoms with Crippen LogP contribution in [0.1, 0.15) is 16.1 Å². The Morgan fingerprint density at radius 3 is 2.74 bits per heavy atom. The van der Waals surface area contributed by atoms with Crippen molar-refractivity contribution in [1.29, 1.82) is 0 Å². The van der Waals surface area contributed by atoms with Crippen molar-refractivity contribution in [2.45, 2.75) is 6.54 Å². The highest BCUT2D eigenvalue weighted by atomic mass is 16.5. The molecule has 0 atom stereocenters. The van der Waals surface area contributed by atoms with Gasteiger partial charge in [0.2, 0.25) is 17.6 Å². The maximum Gasteiger partial charge on any atom is 0.372 e. The van der Waals surface area contributed by atoms with Gasteiger partial charge in [0.25, 0.3) is 0 Å². The first-order valence-electron chi connectivity index (χ1n) is 8.74. The number of hydrogen-bond acceptors (Lipinski definition) is 7. The monoisotopic (exact) mass is 368 g/mol. The van der Waals surface area contributed by atoms with Gasteiger partial charge < -0.3 is 19.2 Å². The lowest BCUT2D eigenvalue weighted by atomic mass is 10.1. The van der Waals surface area contributed by atoms with Crippen molar-refractivity contribution in [2.24, 2.45) is 0 Å². The molecular formula is C19H20N4O4. The van der Waals surface area contributed by atoms with Gasteiger partial charge in [0.1, 0.15) is 5.58 Å². The molecule has 27 heavy (non-hydrogen) atoms. The van der Waals surface area contributed by atoms with E-state index in [9.17, 15) is 9.90 Å². The van der Waals surface area contributed by atoms with E-state index >= 15 is 0 Å². The molecule has 4 rings (SSSR count). The number of aromatic nitrogens is 2. The number of carbonyl (C=O) groups is 1. The zero-order valence-corrected chi connectivity index (χ0v) is 15.0. The highest BCUT2D eigenvalue weighted by Gasteiger charge is 2.25. The Balaban J connectivity index is 1.49. The van der Waals surface area contributed by atoms with Crippen LogP contribution >= 0.6 is 0 Å². The molecule has 1 N–H and O–H groups in total. The minimum absolute atomic E-state index is 0.0229. The summed E-state index contributed by atoms with van der Waals surface area (Å²) in [5, 5.41) is 10.3. The lowest BCUT2D eigenvalue weighted by molar-refractivity contribution is 0.0661. The number of furan rings is 1.